The van der Waals surface area contributed by atoms with E-state index in [0.29, 0.717) is 0 Å². The third-order valence-corrected chi connectivity index (χ3v) is 0. The van der Waals surface area contributed by atoms with E-state index in [1.54, 1.807) is 0 Å². The first kappa shape index (κ1) is 109. The molecule has 0 fully saturated rings. The maximum atomic E-state index is 0. The first-order valence-electron chi connectivity index (χ1n) is 0. The van der Waals surface area contributed by atoms with Crippen LogP contribution in [0.25, 0.3) is 0 Å². The van der Waals surface area contributed by atoms with Crippen LogP contribution >= 0.6 is 0 Å². The van der Waals surface area contributed by atoms with Crippen LogP contribution in [0.15, 0.2) is 0 Å². The average Bonchev–Trinajstić information content (AvgIpc) is 0. The molecule has 0 aromatic carbocycles. The second-order valence-corrected chi connectivity index (χ2v) is 0. The van der Waals surface area contributed by atoms with Crippen molar-refractivity contribution in [2.45, 2.75) is 0 Å². The van der Waals surface area contributed by atoms with E-state index in [4.69, 9.17) is 0 Å². The van der Waals surface area contributed by atoms with Crippen LogP contribution < -0.4 is 0 Å². The molecular formula is O3W2. The molecule has 0 aliphatic heterocycles. The van der Waals surface area contributed by atoms with Crippen LogP contribution in [0.1, 0.15) is 0 Å². The third kappa shape index (κ3) is 35.3. The van der Waals surface area contributed by atoms with Crippen molar-refractivity contribution in [3.05, 3.63) is 0 Å². The Morgan fingerprint density at radius 1 is 0.600 bits per heavy atom. The van der Waals surface area contributed by atoms with Crippen LogP contribution in [0.4, 0.5) is 0 Å². The summed E-state index contributed by atoms with van der Waals surface area (Å²) in [6.45, 7) is 0. The molecule has 5 heteroatoms. The van der Waals surface area contributed by atoms with Gasteiger partial charge in [-0.1, -0.05) is 0 Å². The molecule has 30 valence electrons. The summed E-state index contributed by atoms with van der Waals surface area (Å²) < 4.78 is 0. The molecule has 0 unspecified atom stereocenters. The maximum absolute atomic E-state index is 0. The van der Waals surface area contributed by atoms with E-state index in [-0.39, 0.29) is 58.6 Å². The van der Waals surface area contributed by atoms with Gasteiger partial charge < -0.3 is 16.4 Å². The molecule has 0 aromatic heterocycles. The Kier molecular flexibility index (Phi) is 1320. The quantitative estimate of drug-likeness (QED) is 0.517. The Morgan fingerprint density at radius 3 is 0.600 bits per heavy atom. The van der Waals surface area contributed by atoms with Gasteiger partial charge >= 0.3 is 21.1 Å². The van der Waals surface area contributed by atoms with Crippen molar-refractivity contribution in [3.8, 4) is 0 Å². The monoisotopic (exact) mass is 416 g/mol. The summed E-state index contributed by atoms with van der Waals surface area (Å²) >= 11 is 0. The Morgan fingerprint density at radius 2 is 0.600 bits per heavy atom. The van der Waals surface area contributed by atoms with Crippen LogP contribution in [0.5, 0.6) is 0 Å². The molecule has 0 aliphatic rings. The minimum atomic E-state index is 0. The van der Waals surface area contributed by atoms with E-state index in [2.05, 4.69) is 0 Å². The van der Waals surface area contributed by atoms with Gasteiger partial charge in [-0.25, -0.2) is 0 Å². The first-order valence-corrected chi connectivity index (χ1v) is 0. The minimum absolute atomic E-state index is 0. The van der Waals surface area contributed by atoms with E-state index in [0.717, 1.165) is 0 Å². The Hall–Kier alpha value is 1.26. The molecule has 3 nitrogen and oxygen atoms in total. The zero-order chi connectivity index (χ0) is 0. The normalized spacial score (nSPS) is 0. The van der Waals surface area contributed by atoms with Gasteiger partial charge in [-0.05, 0) is 0 Å². The summed E-state index contributed by atoms with van der Waals surface area (Å²) in [5.74, 6) is 0. The van der Waals surface area contributed by atoms with Gasteiger partial charge in [-0.2, -0.15) is 0 Å². The molecule has 0 saturated heterocycles. The topological polar surface area (TPSA) is 85.5 Å². The zero-order valence-electron chi connectivity index (χ0n) is 2.04. The number of hydrogen-bond acceptors (Lipinski definition) is 0. The first-order chi connectivity index (χ1) is 0. The van der Waals surface area contributed by atoms with E-state index >= 15 is 0 Å². The van der Waals surface area contributed by atoms with Crippen molar-refractivity contribution in [1.29, 1.82) is 0 Å². The summed E-state index contributed by atoms with van der Waals surface area (Å²) in [4.78, 5) is 0. The Bertz CT molecular complexity index is 4.85. The zero-order valence-corrected chi connectivity index (χ0v) is 7.91. The van der Waals surface area contributed by atoms with Crippen LogP contribution in [0.2, 0.25) is 0 Å². The van der Waals surface area contributed by atoms with Gasteiger partial charge in [0.1, 0.15) is 0 Å². The molecule has 0 rings (SSSR count). The average molecular weight is 416 g/mol. The third-order valence-electron chi connectivity index (χ3n) is 0. The van der Waals surface area contributed by atoms with Crippen molar-refractivity contribution >= 4 is 0 Å². The molecule has 0 atom stereocenters. The SMILES string of the molecule is [O-2].[O-2].[O-2].[W+6].[W]. The summed E-state index contributed by atoms with van der Waals surface area (Å²) in [5, 5.41) is 0. The van der Waals surface area contributed by atoms with Crippen LogP contribution in [-0.2, 0) is 58.6 Å². The molecule has 0 N–H and O–H groups in total. The molecule has 0 saturated carbocycles. The standard InChI is InChI=1S/3O.2W/q3*-2;;+6. The Balaban J connectivity index is 0. The molecule has 0 radical (unpaired) electrons. The number of hydrogen-bond donors (Lipinski definition) is 0. The van der Waals surface area contributed by atoms with Crippen LogP contribution in [-0.4, -0.2) is 0 Å². The summed E-state index contributed by atoms with van der Waals surface area (Å²) in [7, 11) is 0. The van der Waals surface area contributed by atoms with Gasteiger partial charge in [0.05, 0.1) is 0 Å². The summed E-state index contributed by atoms with van der Waals surface area (Å²) in [6.07, 6.45) is 0. The number of rotatable bonds is 0. The second-order valence-electron chi connectivity index (χ2n) is 0. The van der Waals surface area contributed by atoms with Gasteiger partial charge in [-0.3, -0.25) is 0 Å². The van der Waals surface area contributed by atoms with Gasteiger partial charge in [0, 0.05) is 21.1 Å². The van der Waals surface area contributed by atoms with E-state index in [1.807, 2.05) is 0 Å². The van der Waals surface area contributed by atoms with Crippen molar-refractivity contribution in [2.24, 2.45) is 0 Å². The van der Waals surface area contributed by atoms with E-state index in [9.17, 15) is 0 Å². The molecular weight excluding hydrogens is 416 g/mol. The fourth-order valence-corrected chi connectivity index (χ4v) is 0. The molecule has 0 aliphatic carbocycles. The molecule has 0 heterocycles. The fourth-order valence-electron chi connectivity index (χ4n) is 0. The van der Waals surface area contributed by atoms with Crippen molar-refractivity contribution in [1.82, 2.24) is 0 Å². The summed E-state index contributed by atoms with van der Waals surface area (Å²) in [5.41, 5.74) is 0. The maximum Gasteiger partial charge on any atom is 6.00 e. The minimum Gasteiger partial charge on any atom is -2.00 e. The molecule has 0 amide bonds. The van der Waals surface area contributed by atoms with Gasteiger partial charge in [0.2, 0.25) is 0 Å². The second kappa shape index (κ2) is 60.3. The van der Waals surface area contributed by atoms with Gasteiger partial charge in [-0.15, -0.1) is 0 Å². The molecule has 0 aromatic rings. The van der Waals surface area contributed by atoms with E-state index in [1.165, 1.54) is 0 Å². The molecule has 5 heavy (non-hydrogen) atoms. The summed E-state index contributed by atoms with van der Waals surface area (Å²) in [6, 6.07) is 0. The van der Waals surface area contributed by atoms with Crippen molar-refractivity contribution < 1.29 is 58.6 Å². The van der Waals surface area contributed by atoms with Gasteiger partial charge in [0.25, 0.3) is 0 Å². The molecule has 0 spiro atoms. The molecule has 0 bridgehead atoms. The van der Waals surface area contributed by atoms with Gasteiger partial charge in [0.15, 0.2) is 0 Å². The Labute approximate surface area is 58.6 Å². The smallest absolute Gasteiger partial charge is 2.00 e. The predicted octanol–water partition coefficient (Wildman–Crippen LogP) is -0.361. The van der Waals surface area contributed by atoms with Crippen molar-refractivity contribution in [3.63, 3.8) is 0 Å². The van der Waals surface area contributed by atoms with E-state index < -0.39 is 0 Å². The van der Waals surface area contributed by atoms with Crippen LogP contribution in [0, 0.1) is 0 Å². The fraction of sp³-hybridized carbons (Fsp3) is 0. The van der Waals surface area contributed by atoms with Crippen LogP contribution in [0.3, 0.4) is 0 Å². The predicted molar refractivity (Wildman–Crippen MR) is 2.06 cm³/mol. The largest absolute Gasteiger partial charge is 6.00 e. The van der Waals surface area contributed by atoms with Crippen molar-refractivity contribution in [2.75, 3.05) is 0 Å².